The topological polar surface area (TPSA) is 57.6 Å². The molecule has 1 aliphatic heterocycles. The van der Waals surface area contributed by atoms with Gasteiger partial charge in [0.15, 0.2) is 0 Å². The maximum absolute atomic E-state index is 12.5. The Morgan fingerprint density at radius 1 is 1.56 bits per heavy atom. The van der Waals surface area contributed by atoms with Crippen molar-refractivity contribution in [1.29, 1.82) is 0 Å². The Hall–Kier alpha value is 0.0500. The lowest BCUT2D eigenvalue weighted by molar-refractivity contribution is 0.285. The fourth-order valence-corrected chi connectivity index (χ4v) is 6.18. The summed E-state index contributed by atoms with van der Waals surface area (Å²) >= 11 is 4.53. The van der Waals surface area contributed by atoms with Gasteiger partial charge < -0.3 is 5.11 Å². The first-order chi connectivity index (χ1) is 8.26. The predicted octanol–water partition coefficient (Wildman–Crippen LogP) is 2.42. The molecule has 0 bridgehead atoms. The molecule has 7 heteroatoms. The molecule has 0 unspecified atom stereocenters. The van der Waals surface area contributed by atoms with Crippen molar-refractivity contribution in [3.63, 3.8) is 0 Å². The monoisotopic (exact) mass is 353 g/mol. The smallest absolute Gasteiger partial charge is 0.245 e. The highest BCUT2D eigenvalue weighted by molar-refractivity contribution is 9.11. The second-order valence-corrected chi connectivity index (χ2v) is 9.62. The molecule has 1 fully saturated rings. The fraction of sp³-hybridized carbons (Fsp3) is 0.636. The molecule has 0 radical (unpaired) electrons. The van der Waals surface area contributed by atoms with E-state index in [9.17, 15) is 8.42 Å². The van der Waals surface area contributed by atoms with Gasteiger partial charge >= 0.3 is 0 Å². The third-order valence-electron chi connectivity index (χ3n) is 3.12. The zero-order chi connectivity index (χ0) is 13.6. The van der Waals surface area contributed by atoms with Crippen molar-refractivity contribution >= 4 is 37.3 Å². The van der Waals surface area contributed by atoms with Gasteiger partial charge in [-0.15, -0.1) is 11.3 Å². The van der Waals surface area contributed by atoms with Crippen LogP contribution < -0.4 is 0 Å². The maximum Gasteiger partial charge on any atom is 0.245 e. The van der Waals surface area contributed by atoms with E-state index in [1.54, 1.807) is 6.07 Å². The minimum Gasteiger partial charge on any atom is -0.391 e. The number of halogens is 1. The molecule has 0 aliphatic carbocycles. The summed E-state index contributed by atoms with van der Waals surface area (Å²) in [6, 6.07) is 1.55. The van der Waals surface area contributed by atoms with Crippen molar-refractivity contribution in [3.8, 4) is 0 Å². The third kappa shape index (κ3) is 2.65. The first kappa shape index (κ1) is 14.5. The highest BCUT2D eigenvalue weighted by Gasteiger charge is 2.38. The number of aliphatic hydroxyl groups excluding tert-OH is 1. The van der Waals surface area contributed by atoms with Crippen molar-refractivity contribution in [2.45, 2.75) is 31.8 Å². The molecular weight excluding hydrogens is 338 g/mol. The Morgan fingerprint density at radius 3 is 2.67 bits per heavy atom. The number of hydrogen-bond acceptors (Lipinski definition) is 4. The van der Waals surface area contributed by atoms with Gasteiger partial charge in [0.1, 0.15) is 4.90 Å². The number of aliphatic hydroxyl groups is 1. The first-order valence-electron chi connectivity index (χ1n) is 5.65. The lowest BCUT2D eigenvalue weighted by Gasteiger charge is -2.19. The fourth-order valence-electron chi connectivity index (χ4n) is 2.06. The number of hydrogen-bond donors (Lipinski definition) is 1. The van der Waals surface area contributed by atoms with E-state index in [0.29, 0.717) is 21.8 Å². The average molecular weight is 354 g/mol. The Balaban J connectivity index is 2.34. The molecule has 2 rings (SSSR count). The molecule has 102 valence electrons. The highest BCUT2D eigenvalue weighted by Crippen LogP contribution is 2.37. The van der Waals surface area contributed by atoms with Gasteiger partial charge in [0.05, 0.1) is 10.4 Å². The molecule has 1 saturated heterocycles. The number of thiophene rings is 1. The minimum atomic E-state index is -3.44. The van der Waals surface area contributed by atoms with Gasteiger partial charge in [0.2, 0.25) is 10.0 Å². The van der Waals surface area contributed by atoms with Crippen molar-refractivity contribution in [1.82, 2.24) is 4.31 Å². The van der Waals surface area contributed by atoms with E-state index in [0.717, 1.165) is 6.42 Å². The molecule has 0 atom stereocenters. The van der Waals surface area contributed by atoms with Gasteiger partial charge in [-0.2, -0.15) is 4.31 Å². The summed E-state index contributed by atoms with van der Waals surface area (Å²) in [5, 5.41) is 9.07. The largest absolute Gasteiger partial charge is 0.391 e. The average Bonchev–Trinajstić information content (AvgIpc) is 2.82. The van der Waals surface area contributed by atoms with E-state index < -0.39 is 10.0 Å². The van der Waals surface area contributed by atoms with Crippen LogP contribution in [0.15, 0.2) is 14.7 Å². The lowest BCUT2D eigenvalue weighted by Crippen LogP contribution is -2.30. The predicted molar refractivity (Wildman–Crippen MR) is 75.1 cm³/mol. The van der Waals surface area contributed by atoms with Gasteiger partial charge in [-0.3, -0.25) is 0 Å². The first-order valence-corrected chi connectivity index (χ1v) is 8.70. The zero-order valence-corrected chi connectivity index (χ0v) is 13.5. The van der Waals surface area contributed by atoms with Crippen molar-refractivity contribution in [3.05, 3.63) is 14.7 Å². The van der Waals surface area contributed by atoms with Crippen LogP contribution in [0.2, 0.25) is 0 Å². The highest BCUT2D eigenvalue weighted by atomic mass is 79.9. The van der Waals surface area contributed by atoms with Gasteiger partial charge in [0.25, 0.3) is 0 Å². The molecular formula is C11H16BrNO3S2. The molecule has 0 amide bonds. The molecule has 1 aliphatic rings. The summed E-state index contributed by atoms with van der Waals surface area (Å²) in [6.07, 6.45) is 0.876. The Morgan fingerprint density at radius 2 is 2.22 bits per heavy atom. The van der Waals surface area contributed by atoms with Crippen LogP contribution in [0.25, 0.3) is 0 Å². The van der Waals surface area contributed by atoms with Crippen molar-refractivity contribution < 1.29 is 13.5 Å². The van der Waals surface area contributed by atoms with E-state index in [2.05, 4.69) is 29.8 Å². The van der Waals surface area contributed by atoms with E-state index in [1.165, 1.54) is 15.6 Å². The SMILES string of the molecule is CC1(C)CCN(S(=O)(=O)c2cc(CO)sc2Br)C1. The van der Waals surface area contributed by atoms with Crippen LogP contribution >= 0.6 is 27.3 Å². The zero-order valence-electron chi connectivity index (χ0n) is 10.3. The van der Waals surface area contributed by atoms with Gasteiger partial charge in [-0.1, -0.05) is 13.8 Å². The summed E-state index contributed by atoms with van der Waals surface area (Å²) < 4.78 is 27.1. The Labute approximate surface area is 120 Å². The Kier molecular flexibility index (Phi) is 3.91. The van der Waals surface area contributed by atoms with Crippen LogP contribution in [-0.4, -0.2) is 30.9 Å². The van der Waals surface area contributed by atoms with Gasteiger partial charge in [0, 0.05) is 18.0 Å². The summed E-state index contributed by atoms with van der Waals surface area (Å²) in [6.45, 7) is 5.12. The van der Waals surface area contributed by atoms with E-state index in [1.807, 2.05) is 0 Å². The quantitative estimate of drug-likeness (QED) is 0.907. The van der Waals surface area contributed by atoms with Crippen LogP contribution in [0.5, 0.6) is 0 Å². The molecule has 0 spiro atoms. The summed E-state index contributed by atoms with van der Waals surface area (Å²) in [5.74, 6) is 0. The molecule has 1 N–H and O–H groups in total. The Bertz CT molecular complexity index is 551. The van der Waals surface area contributed by atoms with Crippen LogP contribution in [0.3, 0.4) is 0 Å². The van der Waals surface area contributed by atoms with Crippen LogP contribution in [0.1, 0.15) is 25.1 Å². The minimum absolute atomic E-state index is 0.0371. The van der Waals surface area contributed by atoms with E-state index >= 15 is 0 Å². The molecule has 18 heavy (non-hydrogen) atoms. The third-order valence-corrected chi connectivity index (χ3v) is 7.20. The molecule has 2 heterocycles. The van der Waals surface area contributed by atoms with Crippen molar-refractivity contribution in [2.75, 3.05) is 13.1 Å². The standard InChI is InChI=1S/C11H16BrNO3S2/c1-11(2)3-4-13(7-11)18(15,16)9-5-8(6-14)17-10(9)12/h5,14H,3-4,6-7H2,1-2H3. The summed E-state index contributed by atoms with van der Waals surface area (Å²) in [7, 11) is -3.44. The van der Waals surface area contributed by atoms with Crippen LogP contribution in [0.4, 0.5) is 0 Å². The number of sulfonamides is 1. The van der Waals surface area contributed by atoms with Gasteiger partial charge in [-0.05, 0) is 33.8 Å². The molecule has 0 aromatic carbocycles. The maximum atomic E-state index is 12.5. The number of rotatable bonds is 3. The van der Waals surface area contributed by atoms with E-state index in [4.69, 9.17) is 5.11 Å². The normalized spacial score (nSPS) is 20.4. The second-order valence-electron chi connectivity index (χ2n) is 5.26. The molecule has 1 aromatic rings. The summed E-state index contributed by atoms with van der Waals surface area (Å²) in [4.78, 5) is 0.924. The molecule has 0 saturated carbocycles. The van der Waals surface area contributed by atoms with Crippen LogP contribution in [0, 0.1) is 5.41 Å². The van der Waals surface area contributed by atoms with Gasteiger partial charge in [-0.25, -0.2) is 8.42 Å². The molecule has 4 nitrogen and oxygen atoms in total. The van der Waals surface area contributed by atoms with Crippen LogP contribution in [-0.2, 0) is 16.6 Å². The summed E-state index contributed by atoms with van der Waals surface area (Å²) in [5.41, 5.74) is 0.0371. The number of nitrogens with zero attached hydrogens (tertiary/aromatic N) is 1. The molecule has 1 aromatic heterocycles. The van der Waals surface area contributed by atoms with Crippen molar-refractivity contribution in [2.24, 2.45) is 5.41 Å². The lowest BCUT2D eigenvalue weighted by atomic mass is 9.93. The van der Waals surface area contributed by atoms with E-state index in [-0.39, 0.29) is 16.9 Å². The second kappa shape index (κ2) is 4.86.